The number of nitrogens with two attached hydrogens (primary N) is 1. The second-order valence-electron chi connectivity index (χ2n) is 11.0. The third kappa shape index (κ3) is 4.28. The number of benzene rings is 1. The first-order valence-corrected chi connectivity index (χ1v) is 13.1. The number of ether oxygens (including phenoxy) is 1. The van der Waals surface area contributed by atoms with Crippen molar-refractivity contribution in [2.45, 2.75) is 69.5 Å². The molecule has 6 nitrogen and oxygen atoms in total. The molecule has 4 heterocycles. The number of carbonyl (C=O) groups excluding carboxylic acids is 1. The fourth-order valence-electron chi connectivity index (χ4n) is 6.75. The van der Waals surface area contributed by atoms with E-state index in [2.05, 4.69) is 21.8 Å². The van der Waals surface area contributed by atoms with Crippen LogP contribution >= 0.6 is 0 Å². The lowest BCUT2D eigenvalue weighted by Crippen LogP contribution is -2.46. The van der Waals surface area contributed by atoms with E-state index in [4.69, 9.17) is 10.5 Å². The van der Waals surface area contributed by atoms with E-state index >= 15 is 0 Å². The molecule has 5 atom stereocenters. The van der Waals surface area contributed by atoms with E-state index in [1.807, 2.05) is 12.1 Å². The third-order valence-electron chi connectivity index (χ3n) is 8.33. The summed E-state index contributed by atoms with van der Waals surface area (Å²) in [7, 11) is 0. The number of morpholine rings is 1. The highest BCUT2D eigenvalue weighted by atomic mass is 19.1. The van der Waals surface area contributed by atoms with Gasteiger partial charge in [-0.2, -0.15) is 0 Å². The van der Waals surface area contributed by atoms with E-state index in [9.17, 15) is 9.18 Å². The van der Waals surface area contributed by atoms with Gasteiger partial charge in [-0.3, -0.25) is 14.8 Å². The molecule has 2 bridgehead atoms. The van der Waals surface area contributed by atoms with Crippen LogP contribution in [0, 0.1) is 11.7 Å². The summed E-state index contributed by atoms with van der Waals surface area (Å²) in [6.45, 7) is 3.62. The molecule has 0 spiro atoms. The summed E-state index contributed by atoms with van der Waals surface area (Å²) < 4.78 is 20.7. The smallest absolute Gasteiger partial charge is 0.169 e. The van der Waals surface area contributed by atoms with E-state index in [1.165, 1.54) is 6.07 Å². The fourth-order valence-corrected chi connectivity index (χ4v) is 6.75. The molecule has 3 fully saturated rings. The summed E-state index contributed by atoms with van der Waals surface area (Å²) >= 11 is 0. The van der Waals surface area contributed by atoms with Gasteiger partial charge in [0.1, 0.15) is 5.82 Å². The Bertz CT molecular complexity index is 1270. The molecule has 2 unspecified atom stereocenters. The molecule has 0 radical (unpaired) electrons. The minimum absolute atomic E-state index is 0.0749. The molecule has 188 valence electrons. The topological polar surface area (TPSA) is 81.3 Å². The van der Waals surface area contributed by atoms with Crippen LogP contribution in [0.2, 0.25) is 0 Å². The average Bonchev–Trinajstić information content (AvgIpc) is 3.11. The highest BCUT2D eigenvalue weighted by molar-refractivity contribution is 6.08. The highest BCUT2D eigenvalue weighted by Crippen LogP contribution is 2.38. The third-order valence-corrected chi connectivity index (χ3v) is 8.33. The van der Waals surface area contributed by atoms with Gasteiger partial charge < -0.3 is 15.4 Å². The van der Waals surface area contributed by atoms with Crippen molar-refractivity contribution >= 4 is 22.4 Å². The summed E-state index contributed by atoms with van der Waals surface area (Å²) in [6.07, 6.45) is 10.7. The maximum Gasteiger partial charge on any atom is 0.169 e. The van der Waals surface area contributed by atoms with Crippen molar-refractivity contribution < 1.29 is 13.9 Å². The van der Waals surface area contributed by atoms with Crippen molar-refractivity contribution in [2.24, 2.45) is 11.7 Å². The molecule has 1 saturated carbocycles. The molecule has 2 aliphatic heterocycles. The Morgan fingerprint density at radius 1 is 1.14 bits per heavy atom. The predicted octanol–water partition coefficient (Wildman–Crippen LogP) is 4.79. The molecular formula is C29H33FN4O2. The van der Waals surface area contributed by atoms with Gasteiger partial charge in [-0.1, -0.05) is 6.92 Å². The molecule has 3 aliphatic rings. The number of carbonyl (C=O) groups is 1. The van der Waals surface area contributed by atoms with Crippen LogP contribution in [0.15, 0.2) is 42.9 Å². The maximum atomic E-state index is 15.0. The lowest BCUT2D eigenvalue weighted by Gasteiger charge is -2.36. The number of hydrogen-bond donors (Lipinski definition) is 1. The summed E-state index contributed by atoms with van der Waals surface area (Å²) in [4.78, 5) is 24.8. The van der Waals surface area contributed by atoms with Gasteiger partial charge in [0.15, 0.2) is 5.78 Å². The Hall–Kier alpha value is -2.90. The summed E-state index contributed by atoms with van der Waals surface area (Å²) in [5.41, 5.74) is 10.2. The number of rotatable bonds is 5. The molecule has 2 N–H and O–H groups in total. The second-order valence-corrected chi connectivity index (χ2v) is 11.0. The molecule has 0 amide bonds. The van der Waals surface area contributed by atoms with Gasteiger partial charge in [0.05, 0.1) is 42.7 Å². The van der Waals surface area contributed by atoms with E-state index < -0.39 is 0 Å². The van der Waals surface area contributed by atoms with Gasteiger partial charge in [0.2, 0.25) is 0 Å². The summed E-state index contributed by atoms with van der Waals surface area (Å²) in [5.74, 6) is 0.443. The van der Waals surface area contributed by atoms with E-state index in [-0.39, 0.29) is 24.1 Å². The van der Waals surface area contributed by atoms with E-state index in [0.717, 1.165) is 48.9 Å². The maximum absolute atomic E-state index is 15.0. The first-order valence-electron chi connectivity index (χ1n) is 13.1. The normalized spacial score (nSPS) is 28.0. The zero-order chi connectivity index (χ0) is 24.8. The lowest BCUT2D eigenvalue weighted by molar-refractivity contribution is 0.0906. The number of Topliss-reactive ketones (excluding diaryl/α,β-unsaturated/α-hetero) is 1. The van der Waals surface area contributed by atoms with Crippen molar-refractivity contribution in [3.8, 4) is 0 Å². The SMILES string of the molecule is C[C@@H]1C[C@H](N)C[C@H](c2ccncc2CC(=O)c2ccc(F)c3cc(N4C5CCC4COC5)cnc23)C1. The van der Waals surface area contributed by atoms with Crippen LogP contribution in [-0.4, -0.2) is 47.1 Å². The highest BCUT2D eigenvalue weighted by Gasteiger charge is 2.37. The van der Waals surface area contributed by atoms with Crippen molar-refractivity contribution in [1.82, 2.24) is 9.97 Å². The molecule has 6 rings (SSSR count). The van der Waals surface area contributed by atoms with Crippen molar-refractivity contribution in [2.75, 3.05) is 18.1 Å². The van der Waals surface area contributed by atoms with Gasteiger partial charge in [0.25, 0.3) is 0 Å². The zero-order valence-electron chi connectivity index (χ0n) is 20.7. The van der Waals surface area contributed by atoms with Crippen molar-refractivity contribution in [3.63, 3.8) is 0 Å². The molecule has 3 aromatic rings. The fraction of sp³-hybridized carbons (Fsp3) is 0.483. The molecule has 36 heavy (non-hydrogen) atoms. The Morgan fingerprint density at radius 3 is 2.72 bits per heavy atom. The summed E-state index contributed by atoms with van der Waals surface area (Å²) in [6, 6.07) is 7.62. The van der Waals surface area contributed by atoms with E-state index in [0.29, 0.717) is 53.6 Å². The van der Waals surface area contributed by atoms with Gasteiger partial charge in [-0.05, 0) is 79.3 Å². The number of anilines is 1. The Morgan fingerprint density at radius 2 is 1.94 bits per heavy atom. The van der Waals surface area contributed by atoms with Crippen molar-refractivity contribution in [3.05, 3.63) is 65.4 Å². The standard InChI is InChI=1S/C29H33FN4O2/c1-17-8-18(10-20(31)9-17)24-6-7-32-13-19(24)11-28(35)25-4-5-27(30)26-12-23(14-33-29(25)26)34-21-2-3-22(34)16-36-15-21/h4-7,12-14,17-18,20-22H,2-3,8-11,15-16,31H2,1H3/t17-,18+,20-,21?,22?/m0/s1. The number of hydrogen-bond acceptors (Lipinski definition) is 6. The molecule has 2 saturated heterocycles. The van der Waals surface area contributed by atoms with Crippen LogP contribution < -0.4 is 10.6 Å². The Kier molecular flexibility index (Phi) is 6.21. The van der Waals surface area contributed by atoms with Crippen LogP contribution in [0.5, 0.6) is 0 Å². The second kappa shape index (κ2) is 9.52. The van der Waals surface area contributed by atoms with Gasteiger partial charge >= 0.3 is 0 Å². The zero-order valence-corrected chi connectivity index (χ0v) is 20.7. The number of fused-ring (bicyclic) bond motifs is 3. The summed E-state index contributed by atoms with van der Waals surface area (Å²) in [5, 5.41) is 0.391. The van der Waals surface area contributed by atoms with Crippen molar-refractivity contribution in [1.29, 1.82) is 0 Å². The predicted molar refractivity (Wildman–Crippen MR) is 138 cm³/mol. The van der Waals surface area contributed by atoms with Gasteiger partial charge in [-0.25, -0.2) is 4.39 Å². The minimum Gasteiger partial charge on any atom is -0.377 e. The molecular weight excluding hydrogens is 455 g/mol. The molecule has 1 aliphatic carbocycles. The van der Waals surface area contributed by atoms with Crippen LogP contribution in [-0.2, 0) is 11.2 Å². The molecule has 2 aromatic heterocycles. The van der Waals surface area contributed by atoms with Gasteiger partial charge in [-0.15, -0.1) is 0 Å². The monoisotopic (exact) mass is 488 g/mol. The Labute approximate surface area is 211 Å². The largest absolute Gasteiger partial charge is 0.377 e. The lowest BCUT2D eigenvalue weighted by atomic mass is 9.75. The number of halogens is 1. The quantitative estimate of drug-likeness (QED) is 0.520. The van der Waals surface area contributed by atoms with Crippen LogP contribution in [0.3, 0.4) is 0 Å². The first-order chi connectivity index (χ1) is 17.5. The number of pyridine rings is 2. The number of nitrogens with zero attached hydrogens (tertiary/aromatic N) is 3. The molecule has 1 aromatic carbocycles. The minimum atomic E-state index is -0.358. The molecule has 7 heteroatoms. The average molecular weight is 489 g/mol. The number of aromatic nitrogens is 2. The van der Waals surface area contributed by atoms with E-state index in [1.54, 1.807) is 24.7 Å². The van der Waals surface area contributed by atoms with Crippen LogP contribution in [0.4, 0.5) is 10.1 Å². The first kappa shape index (κ1) is 23.5. The van der Waals surface area contributed by atoms with Crippen LogP contribution in [0.1, 0.15) is 66.4 Å². The van der Waals surface area contributed by atoms with Crippen LogP contribution in [0.25, 0.3) is 10.9 Å². The number of ketones is 1. The van der Waals surface area contributed by atoms with Gasteiger partial charge in [0, 0.05) is 35.8 Å². The Balaban J connectivity index is 1.30.